The van der Waals surface area contributed by atoms with Crippen LogP contribution in [0.3, 0.4) is 0 Å². The Morgan fingerprint density at radius 1 is 1.10 bits per heavy atom. The topological polar surface area (TPSA) is 65.1 Å². The largest absolute Gasteiger partial charge is 0.302 e. The Morgan fingerprint density at radius 2 is 1.93 bits per heavy atom. The Kier molecular flexibility index (Phi) is 6.13. The summed E-state index contributed by atoms with van der Waals surface area (Å²) in [6.07, 6.45) is 1.71. The number of hydrogen-bond donors (Lipinski definition) is 0. The summed E-state index contributed by atoms with van der Waals surface area (Å²) in [7, 11) is 0. The van der Waals surface area contributed by atoms with Crippen molar-refractivity contribution >= 4 is 40.6 Å². The Balaban J connectivity index is 1.66. The van der Waals surface area contributed by atoms with Gasteiger partial charge in [0, 0.05) is 35.1 Å². The zero-order valence-electron chi connectivity index (χ0n) is 16.4. The molecule has 0 aliphatic heterocycles. The van der Waals surface area contributed by atoms with Gasteiger partial charge in [0.05, 0.1) is 10.7 Å². The summed E-state index contributed by atoms with van der Waals surface area (Å²) in [5.41, 5.74) is 2.00. The van der Waals surface area contributed by atoms with Gasteiger partial charge in [-0.2, -0.15) is 0 Å². The highest BCUT2D eigenvalue weighted by Gasteiger charge is 2.18. The molecular weight excluding hydrogens is 441 g/mol. The molecule has 3 aromatic heterocycles. The van der Waals surface area contributed by atoms with E-state index in [0.29, 0.717) is 38.9 Å². The van der Waals surface area contributed by atoms with Gasteiger partial charge in [-0.1, -0.05) is 54.9 Å². The first-order chi connectivity index (χ1) is 14.4. The van der Waals surface area contributed by atoms with E-state index < -0.39 is 0 Å². The molecule has 0 spiro atoms. The maximum atomic E-state index is 12.3. The molecule has 1 aromatic carbocycles. The second-order valence-electron chi connectivity index (χ2n) is 7.24. The highest BCUT2D eigenvalue weighted by Crippen LogP contribution is 2.32. The molecule has 0 bridgehead atoms. The van der Waals surface area contributed by atoms with Crippen molar-refractivity contribution < 1.29 is 0 Å². The molecule has 0 fully saturated rings. The summed E-state index contributed by atoms with van der Waals surface area (Å²) in [4.78, 5) is 16.9. The number of rotatable bonds is 6. The van der Waals surface area contributed by atoms with Gasteiger partial charge in [-0.05, 0) is 36.2 Å². The minimum Gasteiger partial charge on any atom is -0.302 e. The van der Waals surface area contributed by atoms with Crippen LogP contribution in [0, 0.1) is 5.92 Å². The first kappa shape index (κ1) is 20.9. The number of nitrogens with zero attached hydrogens (tertiary/aromatic N) is 5. The SMILES string of the molecule is CC(C)Cn1c(SCc2cc(=O)n3ccccc3n2)nnc1-c1ccc(Cl)cc1Cl. The molecule has 0 unspecified atom stereocenters. The molecule has 4 aromatic rings. The fraction of sp³-hybridized carbons (Fsp3) is 0.238. The fourth-order valence-electron chi connectivity index (χ4n) is 3.11. The quantitative estimate of drug-likeness (QED) is 0.370. The van der Waals surface area contributed by atoms with Gasteiger partial charge in [0.1, 0.15) is 5.65 Å². The van der Waals surface area contributed by atoms with Crippen LogP contribution in [-0.2, 0) is 12.3 Å². The normalized spacial score (nSPS) is 11.5. The van der Waals surface area contributed by atoms with E-state index in [9.17, 15) is 4.79 Å². The minimum absolute atomic E-state index is 0.103. The number of hydrogen-bond acceptors (Lipinski definition) is 5. The molecule has 0 amide bonds. The lowest BCUT2D eigenvalue weighted by Gasteiger charge is -2.13. The average molecular weight is 460 g/mol. The van der Waals surface area contributed by atoms with E-state index in [1.807, 2.05) is 24.3 Å². The highest BCUT2D eigenvalue weighted by molar-refractivity contribution is 7.98. The highest BCUT2D eigenvalue weighted by atomic mass is 35.5. The molecule has 0 atom stereocenters. The van der Waals surface area contributed by atoms with E-state index in [1.165, 1.54) is 16.2 Å². The summed E-state index contributed by atoms with van der Waals surface area (Å²) in [6, 6.07) is 12.4. The van der Waals surface area contributed by atoms with E-state index in [0.717, 1.165) is 17.3 Å². The Bertz CT molecular complexity index is 1270. The Morgan fingerprint density at radius 3 is 2.70 bits per heavy atom. The lowest BCUT2D eigenvalue weighted by molar-refractivity contribution is 0.498. The van der Waals surface area contributed by atoms with E-state index in [2.05, 4.69) is 33.6 Å². The summed E-state index contributed by atoms with van der Waals surface area (Å²) in [5.74, 6) is 1.58. The van der Waals surface area contributed by atoms with Crippen molar-refractivity contribution in [3.8, 4) is 11.4 Å². The van der Waals surface area contributed by atoms with Gasteiger partial charge < -0.3 is 4.57 Å². The van der Waals surface area contributed by atoms with Gasteiger partial charge in [-0.25, -0.2) is 4.98 Å². The third kappa shape index (κ3) is 4.38. The van der Waals surface area contributed by atoms with Gasteiger partial charge in [-0.15, -0.1) is 10.2 Å². The molecule has 9 heteroatoms. The number of benzene rings is 1. The van der Waals surface area contributed by atoms with Gasteiger partial charge in [0.25, 0.3) is 5.56 Å². The summed E-state index contributed by atoms with van der Waals surface area (Å²) < 4.78 is 3.58. The van der Waals surface area contributed by atoms with Crippen molar-refractivity contribution in [2.45, 2.75) is 31.3 Å². The fourth-order valence-corrected chi connectivity index (χ4v) is 4.44. The monoisotopic (exact) mass is 459 g/mol. The van der Waals surface area contributed by atoms with Crippen LogP contribution in [-0.4, -0.2) is 24.1 Å². The number of halogens is 2. The summed E-state index contributed by atoms with van der Waals surface area (Å²) >= 11 is 13.9. The molecular formula is C21H19Cl2N5OS. The lowest BCUT2D eigenvalue weighted by Crippen LogP contribution is -2.14. The predicted molar refractivity (Wildman–Crippen MR) is 121 cm³/mol. The van der Waals surface area contributed by atoms with Gasteiger partial charge in [0.2, 0.25) is 0 Å². The van der Waals surface area contributed by atoms with Crippen LogP contribution in [0.5, 0.6) is 0 Å². The first-order valence-electron chi connectivity index (χ1n) is 9.41. The average Bonchev–Trinajstić information content (AvgIpc) is 3.08. The minimum atomic E-state index is -0.103. The summed E-state index contributed by atoms with van der Waals surface area (Å²) in [5, 5.41) is 10.6. The molecule has 0 saturated heterocycles. The number of thioether (sulfide) groups is 1. The van der Waals surface area contributed by atoms with Crippen LogP contribution < -0.4 is 5.56 Å². The zero-order valence-corrected chi connectivity index (χ0v) is 18.7. The molecule has 3 heterocycles. The Hall–Kier alpha value is -2.35. The molecule has 0 N–H and O–H groups in total. The maximum absolute atomic E-state index is 12.3. The van der Waals surface area contributed by atoms with Crippen molar-refractivity contribution in [1.29, 1.82) is 0 Å². The van der Waals surface area contributed by atoms with Crippen LogP contribution in [0.1, 0.15) is 19.5 Å². The Labute approximate surface area is 187 Å². The summed E-state index contributed by atoms with van der Waals surface area (Å²) in [6.45, 7) is 5.00. The molecule has 30 heavy (non-hydrogen) atoms. The van der Waals surface area contributed by atoms with Crippen molar-refractivity contribution in [3.05, 3.63) is 74.8 Å². The molecule has 0 aliphatic rings. The van der Waals surface area contributed by atoms with Crippen LogP contribution >= 0.6 is 35.0 Å². The standard InChI is InChI=1S/C21H19Cl2N5OS/c1-13(2)11-28-20(16-7-6-14(22)9-17(16)23)25-26-21(28)30-12-15-10-19(29)27-8-4-3-5-18(27)24-15/h3-10,13H,11-12H2,1-2H3. The second-order valence-corrected chi connectivity index (χ2v) is 9.02. The van der Waals surface area contributed by atoms with Crippen LogP contribution in [0.15, 0.2) is 58.6 Å². The third-order valence-electron chi connectivity index (χ3n) is 4.41. The van der Waals surface area contributed by atoms with E-state index in [1.54, 1.807) is 24.4 Å². The first-order valence-corrected chi connectivity index (χ1v) is 11.2. The van der Waals surface area contributed by atoms with Crippen LogP contribution in [0.2, 0.25) is 10.0 Å². The van der Waals surface area contributed by atoms with Gasteiger partial charge in [-0.3, -0.25) is 9.20 Å². The molecule has 6 nitrogen and oxygen atoms in total. The molecule has 4 rings (SSSR count). The number of aromatic nitrogens is 5. The van der Waals surface area contributed by atoms with Gasteiger partial charge >= 0.3 is 0 Å². The number of fused-ring (bicyclic) bond motifs is 1. The lowest BCUT2D eigenvalue weighted by atomic mass is 10.2. The maximum Gasteiger partial charge on any atom is 0.258 e. The van der Waals surface area contributed by atoms with Crippen LogP contribution in [0.4, 0.5) is 0 Å². The third-order valence-corrected chi connectivity index (χ3v) is 5.96. The molecule has 0 radical (unpaired) electrons. The molecule has 154 valence electrons. The zero-order chi connectivity index (χ0) is 21.3. The molecule has 0 aliphatic carbocycles. The molecule has 0 saturated carbocycles. The van der Waals surface area contributed by atoms with Crippen molar-refractivity contribution in [1.82, 2.24) is 24.1 Å². The van der Waals surface area contributed by atoms with Crippen molar-refractivity contribution in [2.75, 3.05) is 0 Å². The smallest absolute Gasteiger partial charge is 0.258 e. The van der Waals surface area contributed by atoms with E-state index >= 15 is 0 Å². The van der Waals surface area contributed by atoms with Crippen molar-refractivity contribution in [2.24, 2.45) is 5.92 Å². The number of pyridine rings is 1. The van der Waals surface area contributed by atoms with Crippen LogP contribution in [0.25, 0.3) is 17.0 Å². The van der Waals surface area contributed by atoms with Crippen molar-refractivity contribution in [3.63, 3.8) is 0 Å². The van der Waals surface area contributed by atoms with Gasteiger partial charge in [0.15, 0.2) is 11.0 Å². The van der Waals surface area contributed by atoms with E-state index in [-0.39, 0.29) is 5.56 Å². The van der Waals surface area contributed by atoms with E-state index in [4.69, 9.17) is 23.2 Å². The second kappa shape index (κ2) is 8.79. The predicted octanol–water partition coefficient (Wildman–Crippen LogP) is 5.21.